The van der Waals surface area contributed by atoms with E-state index in [0.29, 0.717) is 39.3 Å². The van der Waals surface area contributed by atoms with Gasteiger partial charge in [-0.1, -0.05) is 53.5 Å². The van der Waals surface area contributed by atoms with Gasteiger partial charge in [0, 0.05) is 25.1 Å². The third-order valence-corrected chi connectivity index (χ3v) is 4.54. The van der Waals surface area contributed by atoms with Crippen LogP contribution in [0.2, 0.25) is 10.2 Å². The smallest absolute Gasteiger partial charge is 0.177 e. The van der Waals surface area contributed by atoms with E-state index in [2.05, 4.69) is 10.3 Å². The molecule has 0 aliphatic heterocycles. The van der Waals surface area contributed by atoms with Gasteiger partial charge in [0.25, 0.3) is 0 Å². The van der Waals surface area contributed by atoms with E-state index in [0.717, 1.165) is 5.56 Å². The van der Waals surface area contributed by atoms with Gasteiger partial charge in [0.1, 0.15) is 27.6 Å². The maximum Gasteiger partial charge on any atom is 0.177 e. The largest absolute Gasteiger partial charge is 0.455 e. The Morgan fingerprint density at radius 3 is 2.68 bits per heavy atom. The highest BCUT2D eigenvalue weighted by Crippen LogP contribution is 2.36. The van der Waals surface area contributed by atoms with Crippen molar-refractivity contribution >= 4 is 40.0 Å². The molecular formula is C18H18Cl2FN3O. The summed E-state index contributed by atoms with van der Waals surface area (Å²) in [6.45, 7) is 1.99. The number of nitrogens with zero attached hydrogens (tertiary/aromatic N) is 1. The minimum Gasteiger partial charge on any atom is -0.455 e. The molecule has 4 nitrogen and oxygen atoms in total. The van der Waals surface area contributed by atoms with Crippen LogP contribution >= 0.6 is 23.2 Å². The zero-order valence-electron chi connectivity index (χ0n) is 13.6. The highest BCUT2D eigenvalue weighted by molar-refractivity contribution is 6.36. The van der Waals surface area contributed by atoms with Crippen LogP contribution in [0.4, 0.5) is 10.1 Å². The van der Waals surface area contributed by atoms with E-state index in [4.69, 9.17) is 33.4 Å². The number of nitrogens with two attached hydrogens (primary N) is 1. The molecule has 0 fully saturated rings. The van der Waals surface area contributed by atoms with Crippen LogP contribution in [0, 0.1) is 0 Å². The minimum absolute atomic E-state index is 0.183. The normalized spacial score (nSPS) is 13.8. The fourth-order valence-corrected chi connectivity index (χ4v) is 2.92. The summed E-state index contributed by atoms with van der Waals surface area (Å²) in [5.74, 6) is 0.409. The fraction of sp³-hybridized carbons (Fsp3) is 0.278. The molecule has 2 atom stereocenters. The SMILES string of the molecule is C[C@H](F)[C@H](N)Cc1oc2c(NCc3ccccc3)cc(Cl)nc2c1Cl. The fourth-order valence-electron chi connectivity index (χ4n) is 2.49. The molecule has 3 N–H and O–H groups in total. The van der Waals surface area contributed by atoms with E-state index in [1.54, 1.807) is 6.07 Å². The molecule has 3 rings (SSSR count). The molecule has 2 heterocycles. The lowest BCUT2D eigenvalue weighted by atomic mass is 10.1. The van der Waals surface area contributed by atoms with Crippen LogP contribution < -0.4 is 11.1 Å². The average molecular weight is 382 g/mol. The Hall–Kier alpha value is -1.82. The van der Waals surface area contributed by atoms with Gasteiger partial charge in [-0.2, -0.15) is 0 Å². The molecule has 7 heteroatoms. The first-order valence-electron chi connectivity index (χ1n) is 7.90. The van der Waals surface area contributed by atoms with Crippen LogP contribution in [-0.2, 0) is 13.0 Å². The first-order chi connectivity index (χ1) is 12.0. The maximum absolute atomic E-state index is 13.4. The monoisotopic (exact) mass is 381 g/mol. The highest BCUT2D eigenvalue weighted by atomic mass is 35.5. The Bertz CT molecular complexity index is 868. The number of rotatable bonds is 6. The number of pyridine rings is 1. The van der Waals surface area contributed by atoms with Gasteiger partial charge in [-0.25, -0.2) is 9.37 Å². The van der Waals surface area contributed by atoms with Gasteiger partial charge in [-0.15, -0.1) is 0 Å². The van der Waals surface area contributed by atoms with E-state index in [9.17, 15) is 4.39 Å². The Balaban J connectivity index is 1.92. The van der Waals surface area contributed by atoms with Gasteiger partial charge >= 0.3 is 0 Å². The van der Waals surface area contributed by atoms with Gasteiger partial charge in [0.15, 0.2) is 5.58 Å². The van der Waals surface area contributed by atoms with Gasteiger partial charge in [0.05, 0.1) is 5.69 Å². The van der Waals surface area contributed by atoms with Crippen LogP contribution in [0.3, 0.4) is 0 Å². The second-order valence-corrected chi connectivity index (χ2v) is 6.66. The molecule has 0 aliphatic carbocycles. The summed E-state index contributed by atoms with van der Waals surface area (Å²) in [7, 11) is 0. The van der Waals surface area contributed by atoms with E-state index >= 15 is 0 Å². The van der Waals surface area contributed by atoms with Crippen LogP contribution in [0.15, 0.2) is 40.8 Å². The average Bonchev–Trinajstić information content (AvgIpc) is 2.90. The van der Waals surface area contributed by atoms with Crippen molar-refractivity contribution in [1.29, 1.82) is 0 Å². The predicted octanol–water partition coefficient (Wildman–Crippen LogP) is 4.97. The third-order valence-electron chi connectivity index (χ3n) is 3.96. The van der Waals surface area contributed by atoms with Gasteiger partial charge in [-0.05, 0) is 12.5 Å². The zero-order chi connectivity index (χ0) is 18.0. The Labute approximate surface area is 155 Å². The molecular weight excluding hydrogens is 364 g/mol. The molecule has 2 aromatic heterocycles. The van der Waals surface area contributed by atoms with Crippen LogP contribution in [0.5, 0.6) is 0 Å². The van der Waals surface area contributed by atoms with Crippen molar-refractivity contribution in [3.05, 3.63) is 57.9 Å². The molecule has 1 aromatic carbocycles. The number of anilines is 1. The number of furan rings is 1. The lowest BCUT2D eigenvalue weighted by Crippen LogP contribution is -2.31. The number of hydrogen-bond acceptors (Lipinski definition) is 4. The molecule has 0 radical (unpaired) electrons. The summed E-state index contributed by atoms with van der Waals surface area (Å²) in [4.78, 5) is 4.23. The highest BCUT2D eigenvalue weighted by Gasteiger charge is 2.22. The standard InChI is InChI=1S/C18H18Cl2FN3O/c1-10(21)12(22)7-14-16(20)17-18(25-14)13(8-15(19)24-17)23-9-11-5-3-2-4-6-11/h2-6,8,10,12H,7,9,22H2,1H3,(H,23,24)/t10-,12+/m0/s1. The Morgan fingerprint density at radius 2 is 2.00 bits per heavy atom. The molecule has 25 heavy (non-hydrogen) atoms. The molecule has 0 unspecified atom stereocenters. The van der Waals surface area contributed by atoms with Crippen molar-refractivity contribution in [3.63, 3.8) is 0 Å². The van der Waals surface area contributed by atoms with Gasteiger partial charge < -0.3 is 15.5 Å². The number of benzene rings is 1. The van der Waals surface area contributed by atoms with E-state index in [1.165, 1.54) is 6.92 Å². The number of fused-ring (bicyclic) bond motifs is 1. The van der Waals surface area contributed by atoms with Crippen molar-refractivity contribution in [1.82, 2.24) is 4.98 Å². The first kappa shape index (κ1) is 18.0. The summed E-state index contributed by atoms with van der Waals surface area (Å²) in [5, 5.41) is 3.89. The maximum atomic E-state index is 13.4. The van der Waals surface area contributed by atoms with Crippen molar-refractivity contribution < 1.29 is 8.81 Å². The molecule has 0 amide bonds. The number of aromatic nitrogens is 1. The lowest BCUT2D eigenvalue weighted by Gasteiger charge is -2.10. The topological polar surface area (TPSA) is 64.1 Å². The van der Waals surface area contributed by atoms with E-state index in [-0.39, 0.29) is 6.42 Å². The van der Waals surface area contributed by atoms with Gasteiger partial charge in [-0.3, -0.25) is 0 Å². The van der Waals surface area contributed by atoms with Crippen molar-refractivity contribution in [3.8, 4) is 0 Å². The zero-order valence-corrected chi connectivity index (χ0v) is 15.1. The van der Waals surface area contributed by atoms with E-state index < -0.39 is 12.2 Å². The second-order valence-electron chi connectivity index (χ2n) is 5.89. The number of halogens is 3. The summed E-state index contributed by atoms with van der Waals surface area (Å²) in [6.07, 6.45) is -0.987. The number of alkyl halides is 1. The predicted molar refractivity (Wildman–Crippen MR) is 100 cm³/mol. The molecule has 132 valence electrons. The number of nitrogens with one attached hydrogen (secondary N) is 1. The van der Waals surface area contributed by atoms with Crippen molar-refractivity contribution in [2.45, 2.75) is 32.1 Å². The summed E-state index contributed by atoms with van der Waals surface area (Å²) in [6, 6.07) is 10.9. The first-order valence-corrected chi connectivity index (χ1v) is 8.66. The third kappa shape index (κ3) is 4.06. The van der Waals surface area contributed by atoms with Crippen LogP contribution in [0.25, 0.3) is 11.1 Å². The molecule has 3 aromatic rings. The summed E-state index contributed by atoms with van der Waals surface area (Å²) >= 11 is 12.5. The van der Waals surface area contributed by atoms with Crippen LogP contribution in [0.1, 0.15) is 18.2 Å². The van der Waals surface area contributed by atoms with Gasteiger partial charge in [0.2, 0.25) is 0 Å². The van der Waals surface area contributed by atoms with Crippen molar-refractivity contribution in [2.75, 3.05) is 5.32 Å². The quantitative estimate of drug-likeness (QED) is 0.591. The van der Waals surface area contributed by atoms with Crippen molar-refractivity contribution in [2.24, 2.45) is 5.73 Å². The Morgan fingerprint density at radius 1 is 1.28 bits per heavy atom. The summed E-state index contributed by atoms with van der Waals surface area (Å²) in [5.41, 5.74) is 8.50. The lowest BCUT2D eigenvalue weighted by molar-refractivity contribution is 0.296. The van der Waals surface area contributed by atoms with E-state index in [1.807, 2.05) is 30.3 Å². The molecule has 0 saturated heterocycles. The number of hydrogen-bond donors (Lipinski definition) is 2. The Kier molecular flexibility index (Phi) is 5.47. The molecule has 0 aliphatic rings. The molecule has 0 bridgehead atoms. The second kappa shape index (κ2) is 7.60. The van der Waals surface area contributed by atoms with Crippen LogP contribution in [-0.4, -0.2) is 17.2 Å². The molecule has 0 spiro atoms. The summed E-state index contributed by atoms with van der Waals surface area (Å²) < 4.78 is 19.2. The molecule has 0 saturated carbocycles. The minimum atomic E-state index is -1.17.